The van der Waals surface area contributed by atoms with Crippen molar-refractivity contribution in [3.63, 3.8) is 0 Å². The van der Waals surface area contributed by atoms with E-state index in [1.54, 1.807) is 0 Å². The van der Waals surface area contributed by atoms with Crippen molar-refractivity contribution in [2.24, 2.45) is 5.41 Å². The molecule has 23 heavy (non-hydrogen) atoms. The second-order valence-electron chi connectivity index (χ2n) is 6.67. The Balaban J connectivity index is 3.15. The molecule has 0 aliphatic rings. The van der Waals surface area contributed by atoms with E-state index >= 15 is 0 Å². The molecule has 0 saturated heterocycles. The minimum absolute atomic E-state index is 0.0179. The van der Waals surface area contributed by atoms with E-state index in [1.165, 1.54) is 0 Å². The fourth-order valence-electron chi connectivity index (χ4n) is 1.80. The van der Waals surface area contributed by atoms with Crippen molar-refractivity contribution in [2.75, 3.05) is 5.32 Å². The predicted molar refractivity (Wildman–Crippen MR) is 84.8 cm³/mol. The second-order valence-corrected chi connectivity index (χ2v) is 7.48. The number of amides is 1. The lowest BCUT2D eigenvalue weighted by Crippen LogP contribution is -2.39. The number of rotatable bonds is 3. The summed E-state index contributed by atoms with van der Waals surface area (Å²) in [4.78, 5) is 11.9. The lowest BCUT2D eigenvalue weighted by Gasteiger charge is -2.27. The zero-order valence-electron chi connectivity index (χ0n) is 13.1. The van der Waals surface area contributed by atoms with Crippen LogP contribution in [0.15, 0.2) is 12.1 Å². The third kappa shape index (κ3) is 4.99. The molecule has 3 nitrogen and oxygen atoms in total. The largest absolute Gasteiger partial charge is 0.421 e. The van der Waals surface area contributed by atoms with Gasteiger partial charge in [-0.05, 0) is 30.0 Å². The molecule has 0 radical (unpaired) electrons. The SMILES string of the molecule is CC(C)(C)CC(=O)Nc1c(Cl)cc(C(C)(O)C(F)(F)F)cc1Cl. The summed E-state index contributed by atoms with van der Waals surface area (Å²) >= 11 is 11.9. The standard InChI is InChI=1S/C15H18Cl2F3NO2/c1-13(2,3)7-11(22)21-12-9(16)5-8(6-10(12)17)14(4,23)15(18,19)20/h5-6,23H,7H2,1-4H3,(H,21,22). The molecule has 0 fully saturated rings. The molecular weight excluding hydrogens is 354 g/mol. The summed E-state index contributed by atoms with van der Waals surface area (Å²) in [5, 5.41) is 11.8. The van der Waals surface area contributed by atoms with Gasteiger partial charge in [-0.15, -0.1) is 0 Å². The van der Waals surface area contributed by atoms with Crippen molar-refractivity contribution >= 4 is 34.8 Å². The molecular formula is C15H18Cl2F3NO2. The highest BCUT2D eigenvalue weighted by atomic mass is 35.5. The Morgan fingerprint density at radius 1 is 1.13 bits per heavy atom. The van der Waals surface area contributed by atoms with Crippen LogP contribution in [0.25, 0.3) is 0 Å². The van der Waals surface area contributed by atoms with Gasteiger partial charge in [-0.1, -0.05) is 44.0 Å². The molecule has 0 aliphatic carbocycles. The topological polar surface area (TPSA) is 49.3 Å². The van der Waals surface area contributed by atoms with E-state index in [4.69, 9.17) is 23.2 Å². The molecule has 0 heterocycles. The van der Waals surface area contributed by atoms with Crippen molar-refractivity contribution in [1.82, 2.24) is 0 Å². The van der Waals surface area contributed by atoms with E-state index in [0.717, 1.165) is 12.1 Å². The van der Waals surface area contributed by atoms with Crippen LogP contribution in [0.2, 0.25) is 10.0 Å². The van der Waals surface area contributed by atoms with Crippen molar-refractivity contribution in [3.8, 4) is 0 Å². The van der Waals surface area contributed by atoms with Crippen molar-refractivity contribution in [3.05, 3.63) is 27.7 Å². The summed E-state index contributed by atoms with van der Waals surface area (Å²) in [7, 11) is 0. The van der Waals surface area contributed by atoms with E-state index in [1.807, 2.05) is 20.8 Å². The van der Waals surface area contributed by atoms with Gasteiger partial charge in [0.25, 0.3) is 0 Å². The van der Waals surface area contributed by atoms with Crippen LogP contribution in [0.5, 0.6) is 0 Å². The molecule has 1 aromatic carbocycles. The molecule has 0 aromatic heterocycles. The van der Waals surface area contributed by atoms with Gasteiger partial charge in [-0.2, -0.15) is 13.2 Å². The van der Waals surface area contributed by atoms with Crippen LogP contribution in [-0.2, 0) is 10.4 Å². The maximum absolute atomic E-state index is 12.9. The summed E-state index contributed by atoms with van der Waals surface area (Å²) < 4.78 is 38.6. The number of benzene rings is 1. The lowest BCUT2D eigenvalue weighted by molar-refractivity contribution is -0.258. The Labute approximate surface area is 142 Å². The molecule has 1 aromatic rings. The average Bonchev–Trinajstić information content (AvgIpc) is 2.29. The minimum atomic E-state index is -4.89. The van der Waals surface area contributed by atoms with Gasteiger partial charge in [-0.25, -0.2) is 0 Å². The highest BCUT2D eigenvalue weighted by Gasteiger charge is 2.51. The average molecular weight is 372 g/mol. The number of hydrogen-bond donors (Lipinski definition) is 2. The molecule has 0 spiro atoms. The Morgan fingerprint density at radius 3 is 1.91 bits per heavy atom. The number of aliphatic hydroxyl groups is 1. The molecule has 0 bridgehead atoms. The molecule has 8 heteroatoms. The number of halogens is 5. The molecule has 2 N–H and O–H groups in total. The van der Waals surface area contributed by atoms with Gasteiger partial charge in [-0.3, -0.25) is 4.79 Å². The number of carbonyl (C=O) groups excluding carboxylic acids is 1. The fourth-order valence-corrected chi connectivity index (χ4v) is 2.38. The second kappa shape index (κ2) is 6.49. The van der Waals surface area contributed by atoms with Crippen LogP contribution in [-0.4, -0.2) is 17.2 Å². The summed E-state index contributed by atoms with van der Waals surface area (Å²) in [6.45, 7) is 6.19. The van der Waals surface area contributed by atoms with Crippen molar-refractivity contribution in [1.29, 1.82) is 0 Å². The van der Waals surface area contributed by atoms with Gasteiger partial charge in [0.15, 0.2) is 5.60 Å². The summed E-state index contributed by atoms with van der Waals surface area (Å²) in [5.74, 6) is -0.364. The summed E-state index contributed by atoms with van der Waals surface area (Å²) in [6, 6.07) is 1.88. The van der Waals surface area contributed by atoms with Gasteiger partial charge in [0, 0.05) is 6.42 Å². The normalized spacial score (nSPS) is 15.2. The number of alkyl halides is 3. The molecule has 1 unspecified atom stereocenters. The van der Waals surface area contributed by atoms with E-state index < -0.39 is 17.3 Å². The van der Waals surface area contributed by atoms with E-state index in [0.29, 0.717) is 6.92 Å². The Kier molecular flexibility index (Phi) is 5.66. The van der Waals surface area contributed by atoms with Gasteiger partial charge in [0.2, 0.25) is 5.91 Å². The lowest BCUT2D eigenvalue weighted by atomic mass is 9.92. The van der Waals surface area contributed by atoms with Crippen LogP contribution in [0.4, 0.5) is 18.9 Å². The van der Waals surface area contributed by atoms with Crippen LogP contribution in [0.1, 0.15) is 39.7 Å². The Hall–Kier alpha value is -0.980. The third-order valence-electron chi connectivity index (χ3n) is 3.11. The molecule has 1 amide bonds. The monoisotopic (exact) mass is 371 g/mol. The summed E-state index contributed by atoms with van der Waals surface area (Å²) in [5.41, 5.74) is -3.87. The minimum Gasteiger partial charge on any atom is -0.376 e. The fraction of sp³-hybridized carbons (Fsp3) is 0.533. The number of carbonyl (C=O) groups is 1. The number of nitrogens with one attached hydrogen (secondary N) is 1. The van der Waals surface area contributed by atoms with Crippen LogP contribution >= 0.6 is 23.2 Å². The molecule has 130 valence electrons. The number of anilines is 1. The predicted octanol–water partition coefficient (Wildman–Crippen LogP) is 5.14. The van der Waals surface area contributed by atoms with Crippen LogP contribution in [0, 0.1) is 5.41 Å². The molecule has 1 rings (SSSR count). The first kappa shape index (κ1) is 20.1. The summed E-state index contributed by atoms with van der Waals surface area (Å²) in [6.07, 6.45) is -4.71. The van der Waals surface area contributed by atoms with E-state index in [2.05, 4.69) is 5.32 Å². The smallest absolute Gasteiger partial charge is 0.376 e. The zero-order chi connectivity index (χ0) is 18.2. The number of hydrogen-bond acceptors (Lipinski definition) is 2. The van der Waals surface area contributed by atoms with Gasteiger partial charge in [0.1, 0.15) is 0 Å². The Bertz CT molecular complexity index is 585. The molecule has 1 atom stereocenters. The van der Waals surface area contributed by atoms with Crippen LogP contribution in [0.3, 0.4) is 0 Å². The quantitative estimate of drug-likeness (QED) is 0.772. The molecule has 0 aliphatic heterocycles. The first-order valence-corrected chi connectivity index (χ1v) is 7.49. The van der Waals surface area contributed by atoms with Crippen molar-refractivity contribution < 1.29 is 23.1 Å². The van der Waals surface area contributed by atoms with Gasteiger partial charge in [0.05, 0.1) is 15.7 Å². The Morgan fingerprint density at radius 2 is 1.57 bits per heavy atom. The third-order valence-corrected chi connectivity index (χ3v) is 3.71. The van der Waals surface area contributed by atoms with Crippen molar-refractivity contribution in [2.45, 2.75) is 45.9 Å². The molecule has 0 saturated carbocycles. The van der Waals surface area contributed by atoms with E-state index in [9.17, 15) is 23.1 Å². The van der Waals surface area contributed by atoms with Gasteiger partial charge >= 0.3 is 6.18 Å². The van der Waals surface area contributed by atoms with Crippen LogP contribution < -0.4 is 5.32 Å². The first-order chi connectivity index (χ1) is 10.1. The highest BCUT2D eigenvalue weighted by molar-refractivity contribution is 6.39. The zero-order valence-corrected chi connectivity index (χ0v) is 14.6. The van der Waals surface area contributed by atoms with Gasteiger partial charge < -0.3 is 10.4 Å². The van der Waals surface area contributed by atoms with E-state index in [-0.39, 0.29) is 33.5 Å². The first-order valence-electron chi connectivity index (χ1n) is 6.73. The maximum Gasteiger partial charge on any atom is 0.421 e. The maximum atomic E-state index is 12.9. The highest BCUT2D eigenvalue weighted by Crippen LogP contribution is 2.42.